The minimum absolute atomic E-state index is 0.00934. The van der Waals surface area contributed by atoms with E-state index in [-0.39, 0.29) is 23.5 Å². The number of nitrogens with zero attached hydrogens (tertiary/aromatic N) is 2. The molecule has 0 radical (unpaired) electrons. The van der Waals surface area contributed by atoms with E-state index in [2.05, 4.69) is 5.32 Å². The first kappa shape index (κ1) is 18.5. The maximum Gasteiger partial charge on any atom is 0.336 e. The third kappa shape index (κ3) is 2.92. The lowest BCUT2D eigenvalue weighted by atomic mass is 9.82. The molecule has 142 valence electrons. The van der Waals surface area contributed by atoms with Gasteiger partial charge in [-0.3, -0.25) is 13.9 Å². The highest BCUT2D eigenvalue weighted by Gasteiger charge is 2.37. The molecule has 2 aromatic rings. The smallest absolute Gasteiger partial charge is 0.336 e. The summed E-state index contributed by atoms with van der Waals surface area (Å²) in [6, 6.07) is 6.36. The van der Waals surface area contributed by atoms with Crippen LogP contribution < -0.4 is 16.6 Å². The number of phenolic OH excluding ortho intramolecular Hbond substituents is 1. The SMILES string of the molecule is CCOC(=O)C1=C(C)Nc2c(c(=O)n(C)c(=O)n2C)C1c1cccc(O)c1. The van der Waals surface area contributed by atoms with Gasteiger partial charge in [0.15, 0.2) is 0 Å². The molecule has 0 aliphatic carbocycles. The molecule has 0 saturated carbocycles. The average Bonchev–Trinajstić information content (AvgIpc) is 2.63. The van der Waals surface area contributed by atoms with Gasteiger partial charge in [-0.1, -0.05) is 12.1 Å². The van der Waals surface area contributed by atoms with E-state index in [1.165, 1.54) is 23.7 Å². The van der Waals surface area contributed by atoms with Crippen LogP contribution >= 0.6 is 0 Å². The number of anilines is 1. The van der Waals surface area contributed by atoms with Crippen LogP contribution in [0, 0.1) is 0 Å². The van der Waals surface area contributed by atoms with E-state index in [0.29, 0.717) is 17.1 Å². The summed E-state index contributed by atoms with van der Waals surface area (Å²) in [5, 5.41) is 12.9. The number of carbonyl (C=O) groups excluding carboxylic acids is 1. The second-order valence-corrected chi connectivity index (χ2v) is 6.38. The van der Waals surface area contributed by atoms with Gasteiger partial charge >= 0.3 is 11.7 Å². The Morgan fingerprint density at radius 1 is 1.26 bits per heavy atom. The molecular weight excluding hydrogens is 350 g/mol. The van der Waals surface area contributed by atoms with E-state index in [0.717, 1.165) is 4.57 Å². The molecule has 3 rings (SSSR count). The van der Waals surface area contributed by atoms with E-state index < -0.39 is 23.1 Å². The highest BCUT2D eigenvalue weighted by Crippen LogP contribution is 2.40. The zero-order valence-corrected chi connectivity index (χ0v) is 15.6. The summed E-state index contributed by atoms with van der Waals surface area (Å²) < 4.78 is 7.53. The van der Waals surface area contributed by atoms with Crippen LogP contribution in [-0.4, -0.2) is 26.8 Å². The van der Waals surface area contributed by atoms with Crippen LogP contribution in [0.4, 0.5) is 5.82 Å². The number of benzene rings is 1. The molecule has 27 heavy (non-hydrogen) atoms. The van der Waals surface area contributed by atoms with Gasteiger partial charge in [0, 0.05) is 19.8 Å². The van der Waals surface area contributed by atoms with Crippen molar-refractivity contribution < 1.29 is 14.6 Å². The number of ether oxygens (including phenoxy) is 1. The fourth-order valence-corrected chi connectivity index (χ4v) is 3.40. The van der Waals surface area contributed by atoms with Crippen molar-refractivity contribution in [3.8, 4) is 5.75 Å². The topological polar surface area (TPSA) is 103 Å². The molecule has 0 saturated heterocycles. The lowest BCUT2D eigenvalue weighted by Crippen LogP contribution is -2.43. The number of hydrogen-bond acceptors (Lipinski definition) is 6. The van der Waals surface area contributed by atoms with Gasteiger partial charge in [-0.25, -0.2) is 9.59 Å². The number of aromatic nitrogens is 2. The summed E-state index contributed by atoms with van der Waals surface area (Å²) in [5.74, 6) is -1.01. The summed E-state index contributed by atoms with van der Waals surface area (Å²) in [4.78, 5) is 38.0. The van der Waals surface area contributed by atoms with Crippen LogP contribution in [0.25, 0.3) is 0 Å². The number of phenols is 1. The fraction of sp³-hybridized carbons (Fsp3) is 0.316. The highest BCUT2D eigenvalue weighted by atomic mass is 16.5. The molecule has 1 aromatic carbocycles. The fourth-order valence-electron chi connectivity index (χ4n) is 3.40. The molecule has 1 aliphatic rings. The number of fused-ring (bicyclic) bond motifs is 1. The molecule has 0 fully saturated rings. The maximum atomic E-state index is 13.0. The Balaban J connectivity index is 2.39. The van der Waals surface area contributed by atoms with Crippen LogP contribution in [0.3, 0.4) is 0 Å². The Labute approximate surface area is 155 Å². The van der Waals surface area contributed by atoms with Gasteiger partial charge in [-0.2, -0.15) is 0 Å². The van der Waals surface area contributed by atoms with Gasteiger partial charge in [-0.05, 0) is 31.5 Å². The minimum atomic E-state index is -0.780. The first-order valence-corrected chi connectivity index (χ1v) is 8.51. The zero-order chi connectivity index (χ0) is 19.9. The van der Waals surface area contributed by atoms with Crippen molar-refractivity contribution in [3.63, 3.8) is 0 Å². The number of carbonyl (C=O) groups is 1. The molecule has 2 N–H and O–H groups in total. The third-order valence-corrected chi connectivity index (χ3v) is 4.69. The number of aromatic hydroxyl groups is 1. The maximum absolute atomic E-state index is 13.0. The van der Waals surface area contributed by atoms with Crippen LogP contribution in [0.1, 0.15) is 30.9 Å². The van der Waals surface area contributed by atoms with E-state index in [4.69, 9.17) is 4.74 Å². The van der Waals surface area contributed by atoms with Crippen molar-refractivity contribution in [1.82, 2.24) is 9.13 Å². The molecule has 2 heterocycles. The van der Waals surface area contributed by atoms with Crippen molar-refractivity contribution in [1.29, 1.82) is 0 Å². The number of rotatable bonds is 3. The van der Waals surface area contributed by atoms with Crippen molar-refractivity contribution >= 4 is 11.8 Å². The molecule has 1 unspecified atom stereocenters. The monoisotopic (exact) mass is 371 g/mol. The van der Waals surface area contributed by atoms with Gasteiger partial charge < -0.3 is 15.2 Å². The second kappa shape index (κ2) is 6.79. The zero-order valence-electron chi connectivity index (χ0n) is 15.6. The quantitative estimate of drug-likeness (QED) is 0.786. The lowest BCUT2D eigenvalue weighted by molar-refractivity contribution is -0.138. The number of esters is 1. The van der Waals surface area contributed by atoms with E-state index in [1.54, 1.807) is 33.0 Å². The van der Waals surface area contributed by atoms with Crippen molar-refractivity contribution in [2.75, 3.05) is 11.9 Å². The predicted octanol–water partition coefficient (Wildman–Crippen LogP) is 1.18. The summed E-state index contributed by atoms with van der Waals surface area (Å²) >= 11 is 0. The average molecular weight is 371 g/mol. The van der Waals surface area contributed by atoms with Crippen LogP contribution in [0.2, 0.25) is 0 Å². The van der Waals surface area contributed by atoms with E-state index >= 15 is 0 Å². The summed E-state index contributed by atoms with van der Waals surface area (Å²) in [6.45, 7) is 3.57. The van der Waals surface area contributed by atoms with Crippen LogP contribution in [-0.2, 0) is 23.6 Å². The Hall–Kier alpha value is -3.29. The summed E-state index contributed by atoms with van der Waals surface area (Å²) in [5.41, 5.74) is 0.564. The number of nitrogens with one attached hydrogen (secondary N) is 1. The number of allylic oxidation sites excluding steroid dienone is 1. The molecule has 0 spiro atoms. The molecule has 8 heteroatoms. The molecular formula is C19H21N3O5. The van der Waals surface area contributed by atoms with Crippen molar-refractivity contribution in [2.45, 2.75) is 19.8 Å². The highest BCUT2D eigenvalue weighted by molar-refractivity contribution is 5.94. The molecule has 0 amide bonds. The van der Waals surface area contributed by atoms with Crippen molar-refractivity contribution in [3.05, 3.63) is 67.5 Å². The Bertz CT molecular complexity index is 1080. The standard InChI is InChI=1S/C19H21N3O5/c1-5-27-18(25)13-10(2)20-16-15(17(24)22(4)19(26)21(16)3)14(13)11-7-6-8-12(23)9-11/h6-9,14,20,23H,5H2,1-4H3. The number of hydrogen-bond donors (Lipinski definition) is 2. The Kier molecular flexibility index (Phi) is 4.65. The summed E-state index contributed by atoms with van der Waals surface area (Å²) in [7, 11) is 2.94. The summed E-state index contributed by atoms with van der Waals surface area (Å²) in [6.07, 6.45) is 0. The molecule has 0 bridgehead atoms. The van der Waals surface area contributed by atoms with Gasteiger partial charge in [0.25, 0.3) is 5.56 Å². The third-order valence-electron chi connectivity index (χ3n) is 4.69. The van der Waals surface area contributed by atoms with Gasteiger partial charge in [0.05, 0.1) is 23.7 Å². The van der Waals surface area contributed by atoms with Gasteiger partial charge in [-0.15, -0.1) is 0 Å². The van der Waals surface area contributed by atoms with Gasteiger partial charge in [0.2, 0.25) is 0 Å². The Morgan fingerprint density at radius 3 is 2.59 bits per heavy atom. The van der Waals surface area contributed by atoms with Crippen LogP contribution in [0.5, 0.6) is 5.75 Å². The first-order chi connectivity index (χ1) is 12.8. The molecule has 1 aliphatic heterocycles. The first-order valence-electron chi connectivity index (χ1n) is 8.51. The van der Waals surface area contributed by atoms with Gasteiger partial charge in [0.1, 0.15) is 11.6 Å². The molecule has 1 aromatic heterocycles. The normalized spacial score (nSPS) is 15.9. The minimum Gasteiger partial charge on any atom is -0.508 e. The van der Waals surface area contributed by atoms with E-state index in [9.17, 15) is 19.5 Å². The largest absolute Gasteiger partial charge is 0.508 e. The van der Waals surface area contributed by atoms with Crippen molar-refractivity contribution in [2.24, 2.45) is 14.1 Å². The molecule has 1 atom stereocenters. The lowest BCUT2D eigenvalue weighted by Gasteiger charge is -2.30. The predicted molar refractivity (Wildman–Crippen MR) is 99.8 cm³/mol. The van der Waals surface area contributed by atoms with Crippen LogP contribution in [0.15, 0.2) is 45.1 Å². The second-order valence-electron chi connectivity index (χ2n) is 6.38. The molecule has 8 nitrogen and oxygen atoms in total. The Morgan fingerprint density at radius 2 is 1.96 bits per heavy atom. The van der Waals surface area contributed by atoms with E-state index in [1.807, 2.05) is 0 Å².